The summed E-state index contributed by atoms with van der Waals surface area (Å²) in [7, 11) is 0. The maximum Gasteiger partial charge on any atom is 0.134 e. The number of thiazole rings is 1. The molecule has 3 rings (SSSR count). The number of halogens is 3. The van der Waals surface area contributed by atoms with Crippen LogP contribution in [0.4, 0.5) is 0 Å². The summed E-state index contributed by atoms with van der Waals surface area (Å²) in [4.78, 5) is 4.52. The third-order valence-corrected chi connectivity index (χ3v) is 5.40. The fourth-order valence-electron chi connectivity index (χ4n) is 2.14. The van der Waals surface area contributed by atoms with Crippen molar-refractivity contribution >= 4 is 62.1 Å². The van der Waals surface area contributed by atoms with E-state index in [1.807, 2.05) is 5.38 Å². The monoisotopic (exact) mass is 450 g/mol. The van der Waals surface area contributed by atoms with Gasteiger partial charge in [-0.1, -0.05) is 29.3 Å². The van der Waals surface area contributed by atoms with Gasteiger partial charge in [0, 0.05) is 16.0 Å². The van der Waals surface area contributed by atoms with Crippen LogP contribution in [0.3, 0.4) is 0 Å². The Morgan fingerprint density at radius 3 is 2.72 bits per heavy atom. The molecule has 3 aromatic rings. The van der Waals surface area contributed by atoms with Gasteiger partial charge in [-0.3, -0.25) is 0 Å². The zero-order chi connectivity index (χ0) is 18.0. The van der Waals surface area contributed by atoms with E-state index in [9.17, 15) is 10.4 Å². The summed E-state index contributed by atoms with van der Waals surface area (Å²) in [6.45, 7) is 0. The van der Waals surface area contributed by atoms with Crippen LogP contribution in [0, 0.1) is 11.3 Å². The zero-order valence-corrected chi connectivity index (χ0v) is 16.4. The molecule has 124 valence electrons. The van der Waals surface area contributed by atoms with E-state index in [0.717, 1.165) is 11.1 Å². The summed E-state index contributed by atoms with van der Waals surface area (Å²) in [5.41, 5.74) is 2.66. The predicted molar refractivity (Wildman–Crippen MR) is 107 cm³/mol. The van der Waals surface area contributed by atoms with Crippen molar-refractivity contribution < 1.29 is 5.11 Å². The molecule has 0 radical (unpaired) electrons. The van der Waals surface area contributed by atoms with Crippen molar-refractivity contribution in [1.29, 1.82) is 5.26 Å². The number of hydrogen-bond donors (Lipinski definition) is 1. The number of benzene rings is 2. The van der Waals surface area contributed by atoms with Gasteiger partial charge in [-0.25, -0.2) is 4.98 Å². The second-order valence-corrected chi connectivity index (χ2v) is 7.60. The van der Waals surface area contributed by atoms with Crippen LogP contribution in [0.25, 0.3) is 22.9 Å². The number of phenolic OH excluding ortho intramolecular Hbond substituents is 1. The summed E-state index contributed by atoms with van der Waals surface area (Å²) in [6.07, 6.45) is 1.72. The highest BCUT2D eigenvalue weighted by molar-refractivity contribution is 9.10. The largest absolute Gasteiger partial charge is 0.507 e. The van der Waals surface area contributed by atoms with E-state index in [1.165, 1.54) is 11.3 Å². The fourth-order valence-corrected chi connectivity index (χ4v) is 3.83. The Labute approximate surface area is 166 Å². The molecule has 0 spiro atoms. The molecule has 1 aromatic heterocycles. The van der Waals surface area contributed by atoms with Crippen LogP contribution in [-0.2, 0) is 0 Å². The highest BCUT2D eigenvalue weighted by Crippen LogP contribution is 2.33. The maximum atomic E-state index is 9.56. The molecule has 0 bridgehead atoms. The van der Waals surface area contributed by atoms with Crippen LogP contribution in [-0.4, -0.2) is 10.1 Å². The third kappa shape index (κ3) is 4.05. The first-order valence-corrected chi connectivity index (χ1v) is 9.42. The summed E-state index contributed by atoms with van der Waals surface area (Å²) in [6, 6.07) is 12.4. The highest BCUT2D eigenvalue weighted by atomic mass is 79.9. The lowest BCUT2D eigenvalue weighted by Gasteiger charge is -2.01. The first kappa shape index (κ1) is 18.0. The van der Waals surface area contributed by atoms with E-state index < -0.39 is 0 Å². The number of phenols is 1. The highest BCUT2D eigenvalue weighted by Gasteiger charge is 2.12. The number of nitrogens with zero attached hydrogens (tertiary/aromatic N) is 2. The van der Waals surface area contributed by atoms with E-state index in [1.54, 1.807) is 42.5 Å². The molecular formula is C18H9BrCl2N2OS. The van der Waals surface area contributed by atoms with Crippen LogP contribution < -0.4 is 0 Å². The normalized spacial score (nSPS) is 11.4. The first-order valence-electron chi connectivity index (χ1n) is 6.99. The van der Waals surface area contributed by atoms with Gasteiger partial charge in [0.25, 0.3) is 0 Å². The zero-order valence-electron chi connectivity index (χ0n) is 12.5. The van der Waals surface area contributed by atoms with Crippen molar-refractivity contribution in [2.75, 3.05) is 0 Å². The predicted octanol–water partition coefficient (Wildman–Crippen LogP) is 6.65. The molecule has 0 saturated heterocycles. The third-order valence-electron chi connectivity index (χ3n) is 3.34. The van der Waals surface area contributed by atoms with Crippen LogP contribution in [0.15, 0.2) is 46.3 Å². The Balaban J connectivity index is 1.98. The molecule has 0 aliphatic heterocycles. The number of aromatic hydroxyl groups is 1. The summed E-state index contributed by atoms with van der Waals surface area (Å²) in [5, 5.41) is 22.5. The number of rotatable bonds is 3. The first-order chi connectivity index (χ1) is 12.0. The lowest BCUT2D eigenvalue weighted by molar-refractivity contribution is 0.472. The molecular weight excluding hydrogens is 443 g/mol. The van der Waals surface area contributed by atoms with Gasteiger partial charge in [0.15, 0.2) is 0 Å². The number of aromatic nitrogens is 1. The second-order valence-electron chi connectivity index (χ2n) is 5.04. The van der Waals surface area contributed by atoms with E-state index in [4.69, 9.17) is 23.2 Å². The average molecular weight is 452 g/mol. The topological polar surface area (TPSA) is 56.9 Å². The Kier molecular flexibility index (Phi) is 5.45. The minimum atomic E-state index is 0.143. The van der Waals surface area contributed by atoms with Gasteiger partial charge in [-0.15, -0.1) is 11.3 Å². The summed E-state index contributed by atoms with van der Waals surface area (Å²) >= 11 is 16.8. The molecule has 3 nitrogen and oxygen atoms in total. The molecule has 25 heavy (non-hydrogen) atoms. The van der Waals surface area contributed by atoms with Gasteiger partial charge < -0.3 is 5.11 Å². The molecule has 2 aromatic carbocycles. The van der Waals surface area contributed by atoms with Gasteiger partial charge in [-0.05, 0) is 57.9 Å². The van der Waals surface area contributed by atoms with Gasteiger partial charge in [0.2, 0.25) is 0 Å². The smallest absolute Gasteiger partial charge is 0.134 e. The minimum Gasteiger partial charge on any atom is -0.507 e. The van der Waals surface area contributed by atoms with Crippen LogP contribution in [0.2, 0.25) is 10.0 Å². The van der Waals surface area contributed by atoms with Crippen LogP contribution >= 0.6 is 50.5 Å². The summed E-state index contributed by atoms with van der Waals surface area (Å²) in [5.74, 6) is 0.143. The number of allylic oxidation sites excluding steroid dienone is 1. The van der Waals surface area contributed by atoms with Crippen LogP contribution in [0.5, 0.6) is 5.75 Å². The Morgan fingerprint density at radius 2 is 2.04 bits per heavy atom. The van der Waals surface area contributed by atoms with E-state index in [0.29, 0.717) is 30.8 Å². The second kappa shape index (κ2) is 7.59. The Bertz CT molecular complexity index is 1020. The molecule has 7 heteroatoms. The molecule has 1 N–H and O–H groups in total. The van der Waals surface area contributed by atoms with E-state index in [2.05, 4.69) is 27.0 Å². The molecule has 0 saturated carbocycles. The van der Waals surface area contributed by atoms with Gasteiger partial charge in [0.1, 0.15) is 16.8 Å². The molecule has 1 heterocycles. The molecule has 0 aliphatic carbocycles. The minimum absolute atomic E-state index is 0.143. The van der Waals surface area contributed by atoms with Crippen molar-refractivity contribution in [2.45, 2.75) is 0 Å². The van der Waals surface area contributed by atoms with E-state index in [-0.39, 0.29) is 5.75 Å². The van der Waals surface area contributed by atoms with Crippen molar-refractivity contribution in [1.82, 2.24) is 4.98 Å². The van der Waals surface area contributed by atoms with Gasteiger partial charge in [0.05, 0.1) is 20.8 Å². The van der Waals surface area contributed by atoms with Gasteiger partial charge >= 0.3 is 0 Å². The van der Waals surface area contributed by atoms with Crippen LogP contribution in [0.1, 0.15) is 10.6 Å². The molecule has 0 unspecified atom stereocenters. The lowest BCUT2D eigenvalue weighted by Crippen LogP contribution is -1.84. The fraction of sp³-hybridized carbons (Fsp3) is 0. The van der Waals surface area contributed by atoms with Crippen molar-refractivity contribution in [3.8, 4) is 23.1 Å². The molecule has 0 fully saturated rings. The maximum absolute atomic E-state index is 9.56. The van der Waals surface area contributed by atoms with Crippen molar-refractivity contribution in [2.24, 2.45) is 0 Å². The van der Waals surface area contributed by atoms with Crippen molar-refractivity contribution in [3.05, 3.63) is 66.9 Å². The Morgan fingerprint density at radius 1 is 1.24 bits per heavy atom. The molecule has 0 aliphatic rings. The number of hydrogen-bond acceptors (Lipinski definition) is 4. The quantitative estimate of drug-likeness (QED) is 0.453. The average Bonchev–Trinajstić information content (AvgIpc) is 3.05. The number of nitriles is 1. The van der Waals surface area contributed by atoms with Gasteiger partial charge in [-0.2, -0.15) is 5.26 Å². The SMILES string of the molecule is N#C/C(=C\c1ccc(O)c(Br)c1)c1nc(-c2ccc(Cl)cc2Cl)cs1. The molecule has 0 atom stereocenters. The lowest BCUT2D eigenvalue weighted by atomic mass is 10.1. The standard InChI is InChI=1S/C18H9BrCl2N2OS/c19-14-6-10(1-4-17(14)24)5-11(8-22)18-23-16(9-25-18)13-3-2-12(20)7-15(13)21/h1-7,9,24H/b11-5+. The van der Waals surface area contributed by atoms with E-state index >= 15 is 0 Å². The summed E-state index contributed by atoms with van der Waals surface area (Å²) < 4.78 is 0.561. The Hall–Kier alpha value is -1.84. The van der Waals surface area contributed by atoms with Crippen molar-refractivity contribution in [3.63, 3.8) is 0 Å². The molecule has 0 amide bonds.